The van der Waals surface area contributed by atoms with Crippen LogP contribution in [0.1, 0.15) is 22.8 Å². The molecule has 0 atom stereocenters. The van der Waals surface area contributed by atoms with Crippen LogP contribution in [0, 0.1) is 0 Å². The van der Waals surface area contributed by atoms with Gasteiger partial charge in [0.2, 0.25) is 0 Å². The number of para-hydroxylation sites is 1. The summed E-state index contributed by atoms with van der Waals surface area (Å²) >= 11 is 0. The highest BCUT2D eigenvalue weighted by atomic mass is 16.5. The van der Waals surface area contributed by atoms with Crippen molar-refractivity contribution in [3.63, 3.8) is 0 Å². The van der Waals surface area contributed by atoms with E-state index < -0.39 is 0 Å². The lowest BCUT2D eigenvalue weighted by Crippen LogP contribution is -2.04. The van der Waals surface area contributed by atoms with E-state index in [-0.39, 0.29) is 5.97 Å². The Morgan fingerprint density at radius 3 is 2.38 bits per heavy atom. The van der Waals surface area contributed by atoms with Crippen molar-refractivity contribution in [3.8, 4) is 17.0 Å². The smallest absolute Gasteiger partial charge is 0.338 e. The van der Waals surface area contributed by atoms with Crippen LogP contribution in [0.25, 0.3) is 22.2 Å². The minimum atomic E-state index is -0.311. The normalized spacial score (nSPS) is 10.8. The lowest BCUT2D eigenvalue weighted by atomic mass is 10.1. The lowest BCUT2D eigenvalue weighted by Gasteiger charge is -2.05. The second-order valence-corrected chi connectivity index (χ2v) is 6.67. The molecule has 4 rings (SSSR count). The van der Waals surface area contributed by atoms with Crippen LogP contribution in [-0.4, -0.2) is 29.5 Å². The number of aromatic nitrogens is 2. The minimum Gasteiger partial charge on any atom is -0.497 e. The van der Waals surface area contributed by atoms with Crippen LogP contribution >= 0.6 is 0 Å². The molecular formula is C24H22N2O3. The summed E-state index contributed by atoms with van der Waals surface area (Å²) in [5.41, 5.74) is 4.60. The van der Waals surface area contributed by atoms with Gasteiger partial charge in [0.05, 0.1) is 31.3 Å². The molecule has 3 aromatic carbocycles. The predicted octanol–water partition coefficient (Wildman–Crippen LogP) is 4.94. The number of carbonyl (C=O) groups is 1. The Hall–Kier alpha value is -3.60. The van der Waals surface area contributed by atoms with Gasteiger partial charge in [-0.3, -0.25) is 4.68 Å². The number of rotatable bonds is 6. The van der Waals surface area contributed by atoms with Gasteiger partial charge in [-0.15, -0.1) is 0 Å². The molecule has 0 spiro atoms. The Labute approximate surface area is 169 Å². The van der Waals surface area contributed by atoms with Gasteiger partial charge in [0.25, 0.3) is 0 Å². The molecule has 0 saturated carbocycles. The molecule has 0 unspecified atom stereocenters. The standard InChI is InChI=1S/C24H22N2O3/c1-3-29-24(27)19-12-10-18(11-13-19)23-21-6-4-5-7-22(21)26(25-23)16-17-8-14-20(28-2)15-9-17/h4-15H,3,16H2,1-2H3. The first-order valence-corrected chi connectivity index (χ1v) is 9.55. The van der Waals surface area contributed by atoms with Crippen molar-refractivity contribution in [3.05, 3.63) is 83.9 Å². The molecule has 0 bridgehead atoms. The Morgan fingerprint density at radius 1 is 0.966 bits per heavy atom. The summed E-state index contributed by atoms with van der Waals surface area (Å²) in [7, 11) is 1.66. The summed E-state index contributed by atoms with van der Waals surface area (Å²) in [5, 5.41) is 5.95. The van der Waals surface area contributed by atoms with E-state index in [0.29, 0.717) is 18.7 Å². The second kappa shape index (κ2) is 8.19. The van der Waals surface area contributed by atoms with Crippen molar-refractivity contribution < 1.29 is 14.3 Å². The molecule has 1 heterocycles. The van der Waals surface area contributed by atoms with Crippen LogP contribution in [0.3, 0.4) is 0 Å². The first-order chi connectivity index (χ1) is 14.2. The van der Waals surface area contributed by atoms with Gasteiger partial charge < -0.3 is 9.47 Å². The van der Waals surface area contributed by atoms with Crippen molar-refractivity contribution in [1.82, 2.24) is 9.78 Å². The first-order valence-electron chi connectivity index (χ1n) is 9.55. The fourth-order valence-corrected chi connectivity index (χ4v) is 3.34. The van der Waals surface area contributed by atoms with Gasteiger partial charge in [-0.1, -0.05) is 42.5 Å². The number of hydrogen-bond acceptors (Lipinski definition) is 4. The molecule has 5 heteroatoms. The highest BCUT2D eigenvalue weighted by Crippen LogP contribution is 2.29. The Balaban J connectivity index is 1.69. The largest absolute Gasteiger partial charge is 0.497 e. The molecule has 0 fully saturated rings. The van der Waals surface area contributed by atoms with Gasteiger partial charge >= 0.3 is 5.97 Å². The van der Waals surface area contributed by atoms with Gasteiger partial charge in [-0.25, -0.2) is 4.79 Å². The Morgan fingerprint density at radius 2 is 1.69 bits per heavy atom. The maximum atomic E-state index is 11.9. The molecule has 0 aliphatic rings. The molecule has 0 saturated heterocycles. The zero-order valence-corrected chi connectivity index (χ0v) is 16.5. The number of hydrogen-bond donors (Lipinski definition) is 0. The third-order valence-electron chi connectivity index (χ3n) is 4.82. The van der Waals surface area contributed by atoms with E-state index in [4.69, 9.17) is 14.6 Å². The van der Waals surface area contributed by atoms with Crippen molar-refractivity contribution in [1.29, 1.82) is 0 Å². The van der Waals surface area contributed by atoms with Gasteiger partial charge in [0, 0.05) is 10.9 Å². The van der Waals surface area contributed by atoms with E-state index in [2.05, 4.69) is 12.1 Å². The molecule has 0 aliphatic heterocycles. The fraction of sp³-hybridized carbons (Fsp3) is 0.167. The van der Waals surface area contributed by atoms with Crippen LogP contribution < -0.4 is 4.74 Å². The van der Waals surface area contributed by atoms with E-state index in [0.717, 1.165) is 33.5 Å². The van der Waals surface area contributed by atoms with E-state index in [9.17, 15) is 4.79 Å². The fourth-order valence-electron chi connectivity index (χ4n) is 3.34. The molecular weight excluding hydrogens is 364 g/mol. The third-order valence-corrected chi connectivity index (χ3v) is 4.82. The maximum Gasteiger partial charge on any atom is 0.338 e. The molecule has 5 nitrogen and oxygen atoms in total. The zero-order chi connectivity index (χ0) is 20.2. The van der Waals surface area contributed by atoms with Gasteiger partial charge in [0.15, 0.2) is 0 Å². The van der Waals surface area contributed by atoms with Crippen LogP contribution in [0.4, 0.5) is 0 Å². The Bertz CT molecular complexity index is 1130. The van der Waals surface area contributed by atoms with Crippen LogP contribution in [0.5, 0.6) is 5.75 Å². The average molecular weight is 386 g/mol. The maximum absolute atomic E-state index is 11.9. The molecule has 0 radical (unpaired) electrons. The minimum absolute atomic E-state index is 0.311. The van der Waals surface area contributed by atoms with E-state index in [1.165, 1.54) is 0 Å². The molecule has 1 aromatic heterocycles. The number of benzene rings is 3. The number of methoxy groups -OCH3 is 1. The van der Waals surface area contributed by atoms with Crippen molar-refractivity contribution in [2.24, 2.45) is 0 Å². The van der Waals surface area contributed by atoms with Gasteiger partial charge in [-0.05, 0) is 42.8 Å². The van der Waals surface area contributed by atoms with Crippen LogP contribution in [0.2, 0.25) is 0 Å². The van der Waals surface area contributed by atoms with Gasteiger partial charge in [-0.2, -0.15) is 5.10 Å². The number of ether oxygens (including phenoxy) is 2. The average Bonchev–Trinajstić information content (AvgIpc) is 3.13. The van der Waals surface area contributed by atoms with Crippen LogP contribution in [0.15, 0.2) is 72.8 Å². The topological polar surface area (TPSA) is 53.3 Å². The summed E-state index contributed by atoms with van der Waals surface area (Å²) in [5.74, 6) is 0.524. The summed E-state index contributed by atoms with van der Waals surface area (Å²) in [6, 6.07) is 23.6. The number of carbonyl (C=O) groups excluding carboxylic acids is 1. The highest BCUT2D eigenvalue weighted by molar-refractivity contribution is 5.94. The summed E-state index contributed by atoms with van der Waals surface area (Å²) in [6.07, 6.45) is 0. The first kappa shape index (κ1) is 18.7. The second-order valence-electron chi connectivity index (χ2n) is 6.67. The number of nitrogens with zero attached hydrogens (tertiary/aromatic N) is 2. The predicted molar refractivity (Wildman–Crippen MR) is 113 cm³/mol. The van der Waals surface area contributed by atoms with E-state index in [1.807, 2.05) is 53.2 Å². The SMILES string of the molecule is CCOC(=O)c1ccc(-c2nn(Cc3ccc(OC)cc3)c3ccccc23)cc1. The Kier molecular flexibility index (Phi) is 5.29. The quantitative estimate of drug-likeness (QED) is 0.441. The van der Waals surface area contributed by atoms with E-state index >= 15 is 0 Å². The zero-order valence-electron chi connectivity index (χ0n) is 16.5. The molecule has 0 amide bonds. The van der Waals surface area contributed by atoms with Crippen LogP contribution in [-0.2, 0) is 11.3 Å². The lowest BCUT2D eigenvalue weighted by molar-refractivity contribution is 0.0526. The molecule has 0 N–H and O–H groups in total. The molecule has 4 aromatic rings. The van der Waals surface area contributed by atoms with Crippen molar-refractivity contribution in [2.45, 2.75) is 13.5 Å². The number of fused-ring (bicyclic) bond motifs is 1. The van der Waals surface area contributed by atoms with Gasteiger partial charge in [0.1, 0.15) is 11.4 Å². The summed E-state index contributed by atoms with van der Waals surface area (Å²) in [6.45, 7) is 2.82. The summed E-state index contributed by atoms with van der Waals surface area (Å²) in [4.78, 5) is 11.9. The molecule has 29 heavy (non-hydrogen) atoms. The van der Waals surface area contributed by atoms with E-state index in [1.54, 1.807) is 26.2 Å². The highest BCUT2D eigenvalue weighted by Gasteiger charge is 2.13. The summed E-state index contributed by atoms with van der Waals surface area (Å²) < 4.78 is 12.3. The molecule has 146 valence electrons. The van der Waals surface area contributed by atoms with Crippen molar-refractivity contribution in [2.75, 3.05) is 13.7 Å². The number of esters is 1. The third kappa shape index (κ3) is 3.85. The monoisotopic (exact) mass is 386 g/mol. The van der Waals surface area contributed by atoms with Crippen molar-refractivity contribution >= 4 is 16.9 Å². The molecule has 0 aliphatic carbocycles.